The number of benzene rings is 1. The summed E-state index contributed by atoms with van der Waals surface area (Å²) in [5.41, 5.74) is 8.21. The predicted octanol–water partition coefficient (Wildman–Crippen LogP) is 1.33. The molecular formula is C13H15N3O2. The van der Waals surface area contributed by atoms with Gasteiger partial charge in [-0.15, -0.1) is 0 Å². The first-order chi connectivity index (χ1) is 8.63. The van der Waals surface area contributed by atoms with Gasteiger partial charge in [-0.25, -0.2) is 4.68 Å². The van der Waals surface area contributed by atoms with E-state index in [1.165, 1.54) is 11.6 Å². The van der Waals surface area contributed by atoms with Crippen LogP contribution in [0.1, 0.15) is 17.3 Å². The largest absolute Gasteiger partial charge is 0.394 e. The van der Waals surface area contributed by atoms with Crippen LogP contribution in [0, 0.1) is 0 Å². The molecule has 2 rings (SSSR count). The van der Waals surface area contributed by atoms with Crippen molar-refractivity contribution in [2.45, 2.75) is 13.5 Å². The second kappa shape index (κ2) is 5.01. The molecule has 0 aliphatic rings. The normalized spacial score (nSPS) is 10.6. The molecule has 0 saturated carbocycles. The third-order valence-electron chi connectivity index (χ3n) is 2.77. The van der Waals surface area contributed by atoms with Crippen LogP contribution in [-0.4, -0.2) is 27.3 Å². The van der Waals surface area contributed by atoms with E-state index in [0.29, 0.717) is 17.9 Å². The van der Waals surface area contributed by atoms with Crippen molar-refractivity contribution in [1.82, 2.24) is 9.78 Å². The van der Waals surface area contributed by atoms with Gasteiger partial charge in [0.15, 0.2) is 5.78 Å². The van der Waals surface area contributed by atoms with Crippen LogP contribution >= 0.6 is 0 Å². The molecule has 0 radical (unpaired) electrons. The van der Waals surface area contributed by atoms with Crippen molar-refractivity contribution in [3.63, 3.8) is 0 Å². The van der Waals surface area contributed by atoms with Gasteiger partial charge >= 0.3 is 0 Å². The molecule has 3 N–H and O–H groups in total. The highest BCUT2D eigenvalue weighted by atomic mass is 16.3. The van der Waals surface area contributed by atoms with E-state index in [4.69, 9.17) is 10.8 Å². The average molecular weight is 245 g/mol. The summed E-state index contributed by atoms with van der Waals surface area (Å²) in [4.78, 5) is 11.3. The van der Waals surface area contributed by atoms with Crippen molar-refractivity contribution in [3.8, 4) is 11.1 Å². The quantitative estimate of drug-likeness (QED) is 0.796. The fraction of sp³-hybridized carbons (Fsp3) is 0.231. The zero-order chi connectivity index (χ0) is 13.1. The van der Waals surface area contributed by atoms with E-state index in [1.807, 2.05) is 12.1 Å². The Labute approximate surface area is 105 Å². The Hall–Kier alpha value is -2.14. The minimum atomic E-state index is -0.0151. The zero-order valence-corrected chi connectivity index (χ0v) is 10.1. The maximum Gasteiger partial charge on any atom is 0.159 e. The van der Waals surface area contributed by atoms with Gasteiger partial charge in [-0.2, -0.15) is 5.10 Å². The van der Waals surface area contributed by atoms with Crippen LogP contribution in [0.3, 0.4) is 0 Å². The number of hydrogen-bond acceptors (Lipinski definition) is 4. The highest BCUT2D eigenvalue weighted by molar-refractivity contribution is 5.95. The molecule has 0 aliphatic heterocycles. The standard InChI is InChI=1S/C13H15N3O2/c1-9(18)10-3-2-4-11(7-10)12-8-15-16(5-6-17)13(12)14/h2-4,7-8,17H,5-6,14H2,1H3. The molecule has 0 fully saturated rings. The highest BCUT2D eigenvalue weighted by Crippen LogP contribution is 2.26. The number of rotatable bonds is 4. The number of hydrogen-bond donors (Lipinski definition) is 2. The number of aromatic nitrogens is 2. The molecule has 0 bridgehead atoms. The van der Waals surface area contributed by atoms with Gasteiger partial charge in [0.05, 0.1) is 19.3 Å². The Bertz CT molecular complexity index is 575. The fourth-order valence-corrected chi connectivity index (χ4v) is 1.80. The molecule has 1 aromatic heterocycles. The van der Waals surface area contributed by atoms with Gasteiger partial charge in [-0.3, -0.25) is 4.79 Å². The minimum absolute atomic E-state index is 0.0122. The highest BCUT2D eigenvalue weighted by Gasteiger charge is 2.10. The summed E-state index contributed by atoms with van der Waals surface area (Å²) >= 11 is 0. The van der Waals surface area contributed by atoms with E-state index in [1.54, 1.807) is 18.3 Å². The lowest BCUT2D eigenvalue weighted by Gasteiger charge is -2.04. The van der Waals surface area contributed by atoms with Crippen LogP contribution in [0.2, 0.25) is 0 Å². The van der Waals surface area contributed by atoms with Gasteiger partial charge in [0.2, 0.25) is 0 Å². The lowest BCUT2D eigenvalue weighted by atomic mass is 10.0. The lowest BCUT2D eigenvalue weighted by Crippen LogP contribution is -2.07. The molecule has 18 heavy (non-hydrogen) atoms. The third-order valence-corrected chi connectivity index (χ3v) is 2.77. The van der Waals surface area contributed by atoms with E-state index in [-0.39, 0.29) is 12.4 Å². The van der Waals surface area contributed by atoms with E-state index in [0.717, 1.165) is 11.1 Å². The smallest absolute Gasteiger partial charge is 0.159 e. The first-order valence-electron chi connectivity index (χ1n) is 5.67. The Morgan fingerprint density at radius 3 is 2.94 bits per heavy atom. The average Bonchev–Trinajstić information content (AvgIpc) is 2.72. The summed E-state index contributed by atoms with van der Waals surface area (Å²) in [6.07, 6.45) is 1.64. The number of ketones is 1. The Kier molecular flexibility index (Phi) is 3.43. The van der Waals surface area contributed by atoms with Crippen LogP contribution in [0.25, 0.3) is 11.1 Å². The minimum Gasteiger partial charge on any atom is -0.394 e. The number of aliphatic hydroxyl groups excluding tert-OH is 1. The summed E-state index contributed by atoms with van der Waals surface area (Å²) in [5.74, 6) is 0.503. The molecule has 5 nitrogen and oxygen atoms in total. The van der Waals surface area contributed by atoms with Crippen LogP contribution in [-0.2, 0) is 6.54 Å². The number of nitrogens with two attached hydrogens (primary N) is 1. The third kappa shape index (κ3) is 2.26. The maximum absolute atomic E-state index is 11.3. The van der Waals surface area contributed by atoms with Gasteiger partial charge in [0.25, 0.3) is 0 Å². The first-order valence-corrected chi connectivity index (χ1v) is 5.67. The molecule has 94 valence electrons. The van der Waals surface area contributed by atoms with E-state index in [9.17, 15) is 4.79 Å². The summed E-state index contributed by atoms with van der Waals surface area (Å²) in [7, 11) is 0. The molecule has 2 aromatic rings. The molecule has 0 saturated heterocycles. The van der Waals surface area contributed by atoms with Gasteiger partial charge in [-0.05, 0) is 18.6 Å². The Morgan fingerprint density at radius 2 is 2.28 bits per heavy atom. The van der Waals surface area contributed by atoms with E-state index >= 15 is 0 Å². The van der Waals surface area contributed by atoms with Gasteiger partial charge in [0, 0.05) is 11.1 Å². The number of carbonyl (C=O) groups is 1. The molecule has 0 atom stereocenters. The SMILES string of the molecule is CC(=O)c1cccc(-c2cnn(CCO)c2N)c1. The summed E-state index contributed by atoms with van der Waals surface area (Å²) in [6.45, 7) is 1.87. The topological polar surface area (TPSA) is 81.1 Å². The first kappa shape index (κ1) is 12.3. The second-order valence-electron chi connectivity index (χ2n) is 4.03. The maximum atomic E-state index is 11.3. The van der Waals surface area contributed by atoms with Crippen molar-refractivity contribution < 1.29 is 9.90 Å². The Balaban J connectivity index is 2.42. The lowest BCUT2D eigenvalue weighted by molar-refractivity contribution is 0.101. The second-order valence-corrected chi connectivity index (χ2v) is 4.03. The number of Topliss-reactive ketones (excluding diaryl/α,β-unsaturated/α-hetero) is 1. The van der Waals surface area contributed by atoms with Crippen molar-refractivity contribution in [2.24, 2.45) is 0 Å². The summed E-state index contributed by atoms with van der Waals surface area (Å²) in [6, 6.07) is 7.25. The number of carbonyl (C=O) groups excluding carboxylic acids is 1. The molecule has 1 aromatic carbocycles. The van der Waals surface area contributed by atoms with Gasteiger partial charge < -0.3 is 10.8 Å². The monoisotopic (exact) mass is 245 g/mol. The zero-order valence-electron chi connectivity index (χ0n) is 10.1. The van der Waals surface area contributed by atoms with Crippen LogP contribution in [0.15, 0.2) is 30.5 Å². The van der Waals surface area contributed by atoms with E-state index < -0.39 is 0 Å². The van der Waals surface area contributed by atoms with Crippen LogP contribution in [0.4, 0.5) is 5.82 Å². The number of nitrogens with zero attached hydrogens (tertiary/aromatic N) is 2. The van der Waals surface area contributed by atoms with Crippen molar-refractivity contribution in [3.05, 3.63) is 36.0 Å². The summed E-state index contributed by atoms with van der Waals surface area (Å²) in [5, 5.41) is 13.0. The van der Waals surface area contributed by atoms with Crippen LogP contribution < -0.4 is 5.73 Å². The molecule has 0 spiro atoms. The molecule has 0 amide bonds. The number of anilines is 1. The Morgan fingerprint density at radius 1 is 1.50 bits per heavy atom. The molecule has 0 unspecified atom stereocenters. The molecule has 5 heteroatoms. The molecule has 0 aliphatic carbocycles. The van der Waals surface area contributed by atoms with Gasteiger partial charge in [-0.1, -0.05) is 18.2 Å². The molecular weight excluding hydrogens is 230 g/mol. The number of aliphatic hydroxyl groups is 1. The fourth-order valence-electron chi connectivity index (χ4n) is 1.80. The van der Waals surface area contributed by atoms with Crippen molar-refractivity contribution in [2.75, 3.05) is 12.3 Å². The van der Waals surface area contributed by atoms with Gasteiger partial charge in [0.1, 0.15) is 5.82 Å². The number of nitrogen functional groups attached to an aromatic ring is 1. The van der Waals surface area contributed by atoms with Crippen molar-refractivity contribution >= 4 is 11.6 Å². The van der Waals surface area contributed by atoms with E-state index in [2.05, 4.69) is 5.10 Å². The van der Waals surface area contributed by atoms with Crippen LogP contribution in [0.5, 0.6) is 0 Å². The predicted molar refractivity (Wildman–Crippen MR) is 69.2 cm³/mol. The molecule has 1 heterocycles. The summed E-state index contributed by atoms with van der Waals surface area (Å²) < 4.78 is 1.54. The van der Waals surface area contributed by atoms with Crippen molar-refractivity contribution in [1.29, 1.82) is 0 Å².